The molecular formula is C13H13N3O3S. The second kappa shape index (κ2) is 5.79. The van der Waals surface area contributed by atoms with E-state index >= 15 is 0 Å². The fourth-order valence-corrected chi connectivity index (χ4v) is 2.57. The van der Waals surface area contributed by atoms with Crippen LogP contribution < -0.4 is 5.32 Å². The summed E-state index contributed by atoms with van der Waals surface area (Å²) in [6.45, 7) is 3.30. The van der Waals surface area contributed by atoms with E-state index in [-0.39, 0.29) is 11.9 Å². The minimum atomic E-state index is -0.376. The fraction of sp³-hybridized carbons (Fsp3) is 0.231. The monoisotopic (exact) mass is 291 g/mol. The molecule has 1 amide bonds. The molecule has 0 bridgehead atoms. The first-order valence-corrected chi connectivity index (χ1v) is 6.61. The van der Waals surface area contributed by atoms with Crippen molar-refractivity contribution in [3.8, 4) is 11.4 Å². The highest BCUT2D eigenvalue weighted by molar-refractivity contribution is 7.14. The second-order valence-corrected chi connectivity index (χ2v) is 5.30. The number of aromatic nitrogens is 2. The molecule has 0 spiro atoms. The third-order valence-corrected chi connectivity index (χ3v) is 3.55. The topological polar surface area (TPSA) is 81.2 Å². The molecule has 0 aliphatic carbocycles. The van der Waals surface area contributed by atoms with Crippen molar-refractivity contribution in [1.29, 1.82) is 0 Å². The van der Waals surface area contributed by atoms with E-state index in [0.717, 1.165) is 10.4 Å². The molecule has 0 aromatic carbocycles. The first-order chi connectivity index (χ1) is 9.51. The molecule has 2 rings (SSSR count). The Morgan fingerprint density at radius 2 is 1.95 bits per heavy atom. The fourth-order valence-electron chi connectivity index (χ4n) is 1.64. The van der Waals surface area contributed by atoms with E-state index in [4.69, 9.17) is 0 Å². The van der Waals surface area contributed by atoms with Crippen LogP contribution in [0.3, 0.4) is 0 Å². The zero-order chi connectivity index (χ0) is 14.7. The van der Waals surface area contributed by atoms with Crippen molar-refractivity contribution in [1.82, 2.24) is 9.97 Å². The summed E-state index contributed by atoms with van der Waals surface area (Å²) in [4.78, 5) is 32.2. The van der Waals surface area contributed by atoms with Gasteiger partial charge in [-0.05, 0) is 13.0 Å². The third-order valence-electron chi connectivity index (χ3n) is 2.52. The van der Waals surface area contributed by atoms with Gasteiger partial charge in [-0.15, -0.1) is 11.3 Å². The number of hydrogen-bond acceptors (Lipinski definition) is 6. The zero-order valence-electron chi connectivity index (χ0n) is 11.3. The van der Waals surface area contributed by atoms with E-state index in [1.165, 1.54) is 37.8 Å². The SMILES string of the molecule is COC(=O)c1cc(-c2ncc(NC(C)=O)cn2)c(C)s1. The lowest BCUT2D eigenvalue weighted by Gasteiger charge is -2.02. The van der Waals surface area contributed by atoms with Gasteiger partial charge < -0.3 is 10.1 Å². The maximum absolute atomic E-state index is 11.5. The maximum Gasteiger partial charge on any atom is 0.348 e. The van der Waals surface area contributed by atoms with E-state index < -0.39 is 0 Å². The van der Waals surface area contributed by atoms with Crippen molar-refractivity contribution in [2.45, 2.75) is 13.8 Å². The van der Waals surface area contributed by atoms with Gasteiger partial charge in [-0.3, -0.25) is 4.79 Å². The quantitative estimate of drug-likeness (QED) is 0.877. The van der Waals surface area contributed by atoms with E-state index in [9.17, 15) is 9.59 Å². The summed E-state index contributed by atoms with van der Waals surface area (Å²) >= 11 is 1.33. The zero-order valence-corrected chi connectivity index (χ0v) is 12.1. The number of rotatable bonds is 3. The number of carbonyl (C=O) groups is 2. The Morgan fingerprint density at radius 1 is 1.30 bits per heavy atom. The predicted octanol–water partition coefficient (Wildman–Crippen LogP) is 2.26. The Labute approximate surface area is 119 Å². The van der Waals surface area contributed by atoms with Crippen LogP contribution in [0.2, 0.25) is 0 Å². The Hall–Kier alpha value is -2.28. The number of nitrogens with one attached hydrogen (secondary N) is 1. The van der Waals surface area contributed by atoms with Crippen molar-refractivity contribution in [3.05, 3.63) is 28.2 Å². The minimum Gasteiger partial charge on any atom is -0.465 e. The summed E-state index contributed by atoms with van der Waals surface area (Å²) in [6, 6.07) is 1.71. The molecular weight excluding hydrogens is 278 g/mol. The molecule has 104 valence electrons. The number of methoxy groups -OCH3 is 1. The lowest BCUT2D eigenvalue weighted by atomic mass is 10.2. The number of anilines is 1. The summed E-state index contributed by atoms with van der Waals surface area (Å²) < 4.78 is 4.69. The van der Waals surface area contributed by atoms with Gasteiger partial charge in [0, 0.05) is 17.4 Å². The lowest BCUT2D eigenvalue weighted by Crippen LogP contribution is -2.06. The summed E-state index contributed by atoms with van der Waals surface area (Å²) in [5, 5.41) is 2.60. The Bertz CT molecular complexity index is 649. The van der Waals surface area contributed by atoms with Gasteiger partial charge in [-0.25, -0.2) is 14.8 Å². The van der Waals surface area contributed by atoms with Crippen molar-refractivity contribution in [2.24, 2.45) is 0 Å². The van der Waals surface area contributed by atoms with Gasteiger partial charge in [0.15, 0.2) is 5.82 Å². The molecule has 20 heavy (non-hydrogen) atoms. The van der Waals surface area contributed by atoms with Crippen molar-refractivity contribution in [2.75, 3.05) is 12.4 Å². The van der Waals surface area contributed by atoms with Crippen LogP contribution in [0, 0.1) is 6.92 Å². The number of thiophene rings is 1. The average molecular weight is 291 g/mol. The summed E-state index contributed by atoms with van der Waals surface area (Å²) in [5.74, 6) is -0.0525. The van der Waals surface area contributed by atoms with Crippen LogP contribution in [0.25, 0.3) is 11.4 Å². The molecule has 1 N–H and O–H groups in total. The van der Waals surface area contributed by atoms with Crippen LogP contribution in [-0.4, -0.2) is 29.0 Å². The number of esters is 1. The summed E-state index contributed by atoms with van der Waals surface area (Å²) in [5.41, 5.74) is 1.31. The largest absolute Gasteiger partial charge is 0.465 e. The molecule has 6 nitrogen and oxygen atoms in total. The molecule has 0 saturated carbocycles. The van der Waals surface area contributed by atoms with Crippen LogP contribution in [0.15, 0.2) is 18.5 Å². The van der Waals surface area contributed by atoms with Gasteiger partial charge in [0.2, 0.25) is 5.91 Å². The van der Waals surface area contributed by atoms with Gasteiger partial charge >= 0.3 is 5.97 Å². The van der Waals surface area contributed by atoms with E-state index in [1.807, 2.05) is 6.92 Å². The Morgan fingerprint density at radius 3 is 2.50 bits per heavy atom. The van der Waals surface area contributed by atoms with E-state index in [2.05, 4.69) is 20.0 Å². The highest BCUT2D eigenvalue weighted by atomic mass is 32.1. The number of hydrogen-bond donors (Lipinski definition) is 1. The van der Waals surface area contributed by atoms with Gasteiger partial charge in [0.05, 0.1) is 25.2 Å². The predicted molar refractivity (Wildman–Crippen MR) is 75.7 cm³/mol. The van der Waals surface area contributed by atoms with Crippen molar-refractivity contribution in [3.63, 3.8) is 0 Å². The first kappa shape index (κ1) is 14.1. The van der Waals surface area contributed by atoms with Crippen LogP contribution in [0.5, 0.6) is 0 Å². The van der Waals surface area contributed by atoms with Gasteiger partial charge in [-0.1, -0.05) is 0 Å². The Kier molecular flexibility index (Phi) is 4.09. The summed E-state index contributed by atoms with van der Waals surface area (Å²) in [6.07, 6.45) is 3.05. The molecule has 0 saturated heterocycles. The number of aryl methyl sites for hydroxylation is 1. The van der Waals surface area contributed by atoms with Crippen LogP contribution >= 0.6 is 11.3 Å². The molecule has 0 radical (unpaired) electrons. The van der Waals surface area contributed by atoms with Crippen molar-refractivity contribution >= 4 is 28.9 Å². The normalized spacial score (nSPS) is 10.2. The average Bonchev–Trinajstić information content (AvgIpc) is 2.80. The van der Waals surface area contributed by atoms with Crippen LogP contribution in [0.4, 0.5) is 5.69 Å². The molecule has 0 unspecified atom stereocenters. The molecule has 2 heterocycles. The first-order valence-electron chi connectivity index (χ1n) is 5.80. The highest BCUT2D eigenvalue weighted by Crippen LogP contribution is 2.29. The highest BCUT2D eigenvalue weighted by Gasteiger charge is 2.15. The van der Waals surface area contributed by atoms with Crippen LogP contribution in [-0.2, 0) is 9.53 Å². The molecule has 0 aliphatic rings. The molecule has 0 aliphatic heterocycles. The number of amides is 1. The summed E-state index contributed by atoms with van der Waals surface area (Å²) in [7, 11) is 1.34. The van der Waals surface area contributed by atoms with Gasteiger partial charge in [0.25, 0.3) is 0 Å². The maximum atomic E-state index is 11.5. The molecule has 0 fully saturated rings. The lowest BCUT2D eigenvalue weighted by molar-refractivity contribution is -0.114. The van der Waals surface area contributed by atoms with E-state index in [0.29, 0.717) is 16.4 Å². The van der Waals surface area contributed by atoms with Crippen molar-refractivity contribution < 1.29 is 14.3 Å². The smallest absolute Gasteiger partial charge is 0.348 e. The van der Waals surface area contributed by atoms with Crippen LogP contribution in [0.1, 0.15) is 21.5 Å². The molecule has 2 aromatic heterocycles. The Balaban J connectivity index is 2.29. The number of nitrogens with zero attached hydrogens (tertiary/aromatic N) is 2. The molecule has 7 heteroatoms. The second-order valence-electron chi connectivity index (χ2n) is 4.05. The standard InChI is InChI=1S/C13H13N3O3S/c1-7-10(4-11(20-7)13(18)19-3)12-14-5-9(6-15-12)16-8(2)17/h4-6H,1-3H3,(H,16,17). The van der Waals surface area contributed by atoms with Gasteiger partial charge in [-0.2, -0.15) is 0 Å². The molecule has 2 aromatic rings. The third kappa shape index (κ3) is 3.00. The number of carbonyl (C=O) groups excluding carboxylic acids is 2. The number of ether oxygens (including phenoxy) is 1. The van der Waals surface area contributed by atoms with E-state index in [1.54, 1.807) is 6.07 Å². The van der Waals surface area contributed by atoms with Gasteiger partial charge in [0.1, 0.15) is 4.88 Å². The minimum absolute atomic E-state index is 0.180. The molecule has 0 atom stereocenters.